The van der Waals surface area contributed by atoms with Crippen molar-refractivity contribution in [2.24, 2.45) is 0 Å². The van der Waals surface area contributed by atoms with E-state index in [4.69, 9.17) is 0 Å². The van der Waals surface area contributed by atoms with Crippen molar-refractivity contribution in [2.45, 2.75) is 44.1 Å². The largest absolute Gasteiger partial charge is 0.380 e. The Hall–Kier alpha value is -3.51. The smallest absolute Gasteiger partial charge is 0.255 e. The van der Waals surface area contributed by atoms with Crippen LogP contribution >= 0.6 is 11.3 Å². The molecule has 1 aromatic heterocycles. The van der Waals surface area contributed by atoms with Crippen LogP contribution in [0.4, 0.5) is 0 Å². The number of carbonyl (C=O) groups excluding carboxylic acids is 2. The number of nitrogens with zero attached hydrogens (tertiary/aromatic N) is 2. The second kappa shape index (κ2) is 10.8. The summed E-state index contributed by atoms with van der Waals surface area (Å²) >= 11 is 1.38. The second-order valence-electron chi connectivity index (χ2n) is 8.62. The molecule has 2 heterocycles. The van der Waals surface area contributed by atoms with Gasteiger partial charge in [-0.3, -0.25) is 9.59 Å². The summed E-state index contributed by atoms with van der Waals surface area (Å²) < 4.78 is 0. The number of hydrogen-bond donors (Lipinski definition) is 3. The number of nitriles is 1. The summed E-state index contributed by atoms with van der Waals surface area (Å²) in [6.45, 7) is 2.22. The Bertz CT molecular complexity index is 1220. The van der Waals surface area contributed by atoms with Gasteiger partial charge in [-0.05, 0) is 47.9 Å². The molecule has 7 nitrogen and oxygen atoms in total. The quantitative estimate of drug-likeness (QED) is 0.470. The Morgan fingerprint density at radius 3 is 2.49 bits per heavy atom. The molecule has 0 spiro atoms. The van der Waals surface area contributed by atoms with Gasteiger partial charge in [0.2, 0.25) is 0 Å². The molecule has 2 amide bonds. The zero-order valence-electron chi connectivity index (χ0n) is 19.3. The Morgan fingerprint density at radius 1 is 1.09 bits per heavy atom. The lowest BCUT2D eigenvalue weighted by atomic mass is 10.0. The van der Waals surface area contributed by atoms with E-state index in [-0.39, 0.29) is 6.04 Å². The Morgan fingerprint density at radius 2 is 1.80 bits per heavy atom. The van der Waals surface area contributed by atoms with Crippen molar-refractivity contribution >= 4 is 23.2 Å². The van der Waals surface area contributed by atoms with Gasteiger partial charge in [0.25, 0.3) is 11.8 Å². The van der Waals surface area contributed by atoms with Gasteiger partial charge in [0, 0.05) is 12.1 Å². The molecule has 3 aromatic rings. The third-order valence-electron chi connectivity index (χ3n) is 6.39. The second-order valence-corrected chi connectivity index (χ2v) is 9.53. The molecule has 0 bridgehead atoms. The highest BCUT2D eigenvalue weighted by molar-refractivity contribution is 7.11. The highest BCUT2D eigenvalue weighted by Crippen LogP contribution is 2.32. The minimum Gasteiger partial charge on any atom is -0.380 e. The first kappa shape index (κ1) is 24.6. The van der Waals surface area contributed by atoms with Crippen molar-refractivity contribution in [3.05, 3.63) is 82.0 Å². The molecule has 4 rings (SSSR count). The Balaban J connectivity index is 1.38. The number of benzene rings is 2. The summed E-state index contributed by atoms with van der Waals surface area (Å²) in [5.41, 5.74) is 3.50. The third kappa shape index (κ3) is 5.28. The van der Waals surface area contributed by atoms with Gasteiger partial charge in [-0.25, -0.2) is 0 Å². The molecule has 2 unspecified atom stereocenters. The molecule has 1 saturated heterocycles. The van der Waals surface area contributed by atoms with Crippen molar-refractivity contribution in [1.29, 1.82) is 5.26 Å². The monoisotopic (exact) mass is 489 g/mol. The highest BCUT2D eigenvalue weighted by Gasteiger charge is 2.38. The maximum Gasteiger partial charge on any atom is 0.255 e. The first-order valence-corrected chi connectivity index (χ1v) is 12.4. The zero-order chi connectivity index (χ0) is 24.9. The van der Waals surface area contributed by atoms with Gasteiger partial charge in [-0.2, -0.15) is 5.26 Å². The number of likely N-dealkylation sites (tertiary alicyclic amines) is 1. The van der Waals surface area contributed by atoms with E-state index in [1.165, 1.54) is 11.3 Å². The molecule has 35 heavy (non-hydrogen) atoms. The fourth-order valence-corrected chi connectivity index (χ4v) is 5.16. The normalized spacial score (nSPS) is 17.9. The average molecular weight is 490 g/mol. The third-order valence-corrected chi connectivity index (χ3v) is 7.21. The molecule has 3 N–H and O–H groups in total. The molecular formula is C27H27N3O4S. The van der Waals surface area contributed by atoms with Crippen LogP contribution in [0.3, 0.4) is 0 Å². The van der Waals surface area contributed by atoms with E-state index in [2.05, 4.69) is 11.4 Å². The lowest BCUT2D eigenvalue weighted by molar-refractivity contribution is -0.154. The summed E-state index contributed by atoms with van der Waals surface area (Å²) in [7, 11) is 0. The molecule has 8 heteroatoms. The van der Waals surface area contributed by atoms with E-state index in [0.29, 0.717) is 11.4 Å². The van der Waals surface area contributed by atoms with E-state index < -0.39 is 30.1 Å². The lowest BCUT2D eigenvalue weighted by Crippen LogP contribution is -2.50. The highest BCUT2D eigenvalue weighted by atomic mass is 32.1. The molecule has 4 atom stereocenters. The SMILES string of the molecule is C[C@@H](NC(=O)C(O)C(O)C(=O)N1CCC[C@@H]1c1ccccc1)c1ccc(-c2ccsc2C#N)cc1. The van der Waals surface area contributed by atoms with Gasteiger partial charge in [-0.1, -0.05) is 54.6 Å². The summed E-state index contributed by atoms with van der Waals surface area (Å²) in [5.74, 6) is -1.47. The Labute approximate surface area is 208 Å². The number of nitrogens with one attached hydrogen (secondary N) is 1. The van der Waals surface area contributed by atoms with Crippen LogP contribution in [0, 0.1) is 11.3 Å². The fourth-order valence-electron chi connectivity index (χ4n) is 4.46. The van der Waals surface area contributed by atoms with Gasteiger partial charge < -0.3 is 20.4 Å². The summed E-state index contributed by atoms with van der Waals surface area (Å²) in [4.78, 5) is 27.8. The number of carbonyl (C=O) groups is 2. The predicted octanol–water partition coefficient (Wildman–Crippen LogP) is 3.55. The van der Waals surface area contributed by atoms with Crippen LogP contribution in [0.25, 0.3) is 11.1 Å². The van der Waals surface area contributed by atoms with Crippen LogP contribution in [0.5, 0.6) is 0 Å². The molecule has 0 radical (unpaired) electrons. The van der Waals surface area contributed by atoms with Crippen LogP contribution in [-0.2, 0) is 9.59 Å². The summed E-state index contributed by atoms with van der Waals surface area (Å²) in [5, 5.41) is 34.8. The van der Waals surface area contributed by atoms with Gasteiger partial charge in [0.1, 0.15) is 10.9 Å². The summed E-state index contributed by atoms with van der Waals surface area (Å²) in [6.07, 6.45) is -2.18. The number of thiophene rings is 1. The molecule has 1 fully saturated rings. The van der Waals surface area contributed by atoms with Crippen LogP contribution in [0.15, 0.2) is 66.0 Å². The van der Waals surface area contributed by atoms with E-state index in [9.17, 15) is 25.1 Å². The fraction of sp³-hybridized carbons (Fsp3) is 0.296. The number of rotatable bonds is 7. The van der Waals surface area contributed by atoms with Crippen molar-refractivity contribution in [3.8, 4) is 17.2 Å². The Kier molecular flexibility index (Phi) is 7.61. The van der Waals surface area contributed by atoms with Crippen LogP contribution in [0.1, 0.15) is 47.9 Å². The standard InChI is InChI=1S/C27H27N3O4S/c1-17(18-9-11-19(12-10-18)21-13-15-35-23(21)16-28)29-26(33)24(31)25(32)27(34)30-14-5-8-22(30)20-6-3-2-4-7-20/h2-4,6-7,9-13,15,17,22,24-25,31-32H,5,8,14H2,1H3,(H,29,33)/t17-,22-,24?,25?/m1/s1. The molecule has 2 aromatic carbocycles. The van der Waals surface area contributed by atoms with Crippen molar-refractivity contribution < 1.29 is 19.8 Å². The number of amides is 2. The van der Waals surface area contributed by atoms with Crippen molar-refractivity contribution in [2.75, 3.05) is 6.54 Å². The van der Waals surface area contributed by atoms with Crippen molar-refractivity contribution in [3.63, 3.8) is 0 Å². The summed E-state index contributed by atoms with van der Waals surface area (Å²) in [6, 6.07) is 20.4. The maximum absolute atomic E-state index is 12.9. The first-order chi connectivity index (χ1) is 16.9. The van der Waals surface area contributed by atoms with Gasteiger partial charge >= 0.3 is 0 Å². The van der Waals surface area contributed by atoms with Gasteiger partial charge in [0.05, 0.1) is 12.1 Å². The molecule has 180 valence electrons. The van der Waals surface area contributed by atoms with E-state index in [1.54, 1.807) is 11.8 Å². The van der Waals surface area contributed by atoms with Gasteiger partial charge in [0.15, 0.2) is 12.2 Å². The van der Waals surface area contributed by atoms with Crippen molar-refractivity contribution in [1.82, 2.24) is 10.2 Å². The maximum atomic E-state index is 12.9. The number of aliphatic hydroxyl groups is 2. The van der Waals surface area contributed by atoms with Crippen LogP contribution < -0.4 is 5.32 Å². The van der Waals surface area contributed by atoms with E-state index in [0.717, 1.165) is 35.1 Å². The minimum atomic E-state index is -1.88. The molecule has 1 aliphatic heterocycles. The molecule has 1 aliphatic rings. The van der Waals surface area contributed by atoms with E-state index >= 15 is 0 Å². The molecule has 0 saturated carbocycles. The van der Waals surface area contributed by atoms with Crippen LogP contribution in [-0.4, -0.2) is 45.7 Å². The number of aliphatic hydroxyl groups excluding tert-OH is 2. The van der Waals surface area contributed by atoms with Gasteiger partial charge in [-0.15, -0.1) is 11.3 Å². The average Bonchev–Trinajstić information content (AvgIpc) is 3.58. The molecular weight excluding hydrogens is 462 g/mol. The molecule has 0 aliphatic carbocycles. The lowest BCUT2D eigenvalue weighted by Gasteiger charge is -2.29. The topological polar surface area (TPSA) is 114 Å². The zero-order valence-corrected chi connectivity index (χ0v) is 20.1. The van der Waals surface area contributed by atoms with Crippen LogP contribution in [0.2, 0.25) is 0 Å². The minimum absolute atomic E-state index is 0.184. The van der Waals surface area contributed by atoms with E-state index in [1.807, 2.05) is 66.0 Å². The first-order valence-electron chi connectivity index (χ1n) is 11.5. The predicted molar refractivity (Wildman–Crippen MR) is 133 cm³/mol. The number of hydrogen-bond acceptors (Lipinski definition) is 6.